The number of nitrogens with two attached hydrogens (primary N) is 1. The van der Waals surface area contributed by atoms with Gasteiger partial charge in [-0.25, -0.2) is 0 Å². The molecule has 0 saturated carbocycles. The lowest BCUT2D eigenvalue weighted by molar-refractivity contribution is -0.135. The topological polar surface area (TPSA) is 69.9 Å². The van der Waals surface area contributed by atoms with Crippen molar-refractivity contribution in [3.8, 4) is 0 Å². The average Bonchev–Trinajstić information content (AvgIpc) is 2.82. The number of carbonyl (C=O) groups is 2. The molecule has 0 aromatic rings. The molecule has 2 heterocycles. The maximum absolute atomic E-state index is 12.4. The van der Waals surface area contributed by atoms with E-state index in [4.69, 9.17) is 5.73 Å². The van der Waals surface area contributed by atoms with Gasteiger partial charge in [-0.3, -0.25) is 14.5 Å². The van der Waals surface area contributed by atoms with Crippen LogP contribution in [0, 0.1) is 0 Å². The van der Waals surface area contributed by atoms with Crippen LogP contribution in [0.15, 0.2) is 0 Å². The van der Waals surface area contributed by atoms with Gasteiger partial charge in [0.25, 0.3) is 0 Å². The predicted octanol–water partition coefficient (Wildman–Crippen LogP) is 0.272. The van der Waals surface area contributed by atoms with Crippen molar-refractivity contribution in [3.63, 3.8) is 0 Å². The quantitative estimate of drug-likeness (QED) is 0.791. The highest BCUT2D eigenvalue weighted by molar-refractivity contribution is 5.78. The van der Waals surface area contributed by atoms with E-state index in [0.717, 1.165) is 58.5 Å². The minimum Gasteiger partial charge on any atom is -0.342 e. The van der Waals surface area contributed by atoms with Crippen LogP contribution in [0.25, 0.3) is 0 Å². The summed E-state index contributed by atoms with van der Waals surface area (Å²) in [5.74, 6) is 0.453. The Hall–Kier alpha value is -1.14. The molecule has 2 rings (SSSR count). The van der Waals surface area contributed by atoms with Crippen molar-refractivity contribution in [3.05, 3.63) is 0 Å². The highest BCUT2D eigenvalue weighted by Gasteiger charge is 2.24. The van der Waals surface area contributed by atoms with Crippen LogP contribution in [0.4, 0.5) is 0 Å². The van der Waals surface area contributed by atoms with Gasteiger partial charge in [-0.15, -0.1) is 0 Å². The van der Waals surface area contributed by atoms with Crippen LogP contribution < -0.4 is 5.73 Å². The molecule has 126 valence electrons. The number of hydrogen-bond acceptors (Lipinski definition) is 4. The molecule has 2 aliphatic heterocycles. The third-order valence-electron chi connectivity index (χ3n) is 4.64. The van der Waals surface area contributed by atoms with Crippen LogP contribution in [-0.4, -0.2) is 78.9 Å². The summed E-state index contributed by atoms with van der Waals surface area (Å²) in [6.45, 7) is 5.96. The van der Waals surface area contributed by atoms with E-state index in [-0.39, 0.29) is 11.8 Å². The SMILES string of the molecule is NCCCC(=O)N1CCN(CC(=O)N2CCCCCC2)CC1. The van der Waals surface area contributed by atoms with Gasteiger partial charge in [-0.2, -0.15) is 0 Å². The molecule has 0 aromatic heterocycles. The van der Waals surface area contributed by atoms with Gasteiger partial charge in [0.05, 0.1) is 6.54 Å². The number of hydrogen-bond donors (Lipinski definition) is 1. The highest BCUT2D eigenvalue weighted by atomic mass is 16.2. The molecule has 22 heavy (non-hydrogen) atoms. The maximum atomic E-state index is 12.4. The summed E-state index contributed by atoms with van der Waals surface area (Å²) < 4.78 is 0. The molecule has 2 aliphatic rings. The van der Waals surface area contributed by atoms with E-state index in [1.54, 1.807) is 0 Å². The third kappa shape index (κ3) is 5.25. The zero-order valence-corrected chi connectivity index (χ0v) is 13.6. The molecule has 0 aromatic carbocycles. The molecule has 0 aliphatic carbocycles. The van der Waals surface area contributed by atoms with Crippen LogP contribution in [-0.2, 0) is 9.59 Å². The predicted molar refractivity (Wildman–Crippen MR) is 86.4 cm³/mol. The number of likely N-dealkylation sites (tertiary alicyclic amines) is 1. The number of nitrogens with zero attached hydrogens (tertiary/aromatic N) is 3. The number of carbonyl (C=O) groups excluding carboxylic acids is 2. The summed E-state index contributed by atoms with van der Waals surface area (Å²) >= 11 is 0. The lowest BCUT2D eigenvalue weighted by Crippen LogP contribution is -2.51. The Kier molecular flexibility index (Phi) is 7.12. The van der Waals surface area contributed by atoms with Crippen molar-refractivity contribution in [2.75, 3.05) is 52.4 Å². The second kappa shape index (κ2) is 9.10. The second-order valence-corrected chi connectivity index (χ2v) is 6.34. The van der Waals surface area contributed by atoms with Crippen LogP contribution in [0.1, 0.15) is 38.5 Å². The maximum Gasteiger partial charge on any atom is 0.236 e. The summed E-state index contributed by atoms with van der Waals surface area (Å²) in [5.41, 5.74) is 5.44. The van der Waals surface area contributed by atoms with Crippen molar-refractivity contribution in [1.29, 1.82) is 0 Å². The Morgan fingerprint density at radius 1 is 0.773 bits per heavy atom. The summed E-state index contributed by atoms with van der Waals surface area (Å²) in [4.78, 5) is 30.4. The molecule has 2 saturated heterocycles. The summed E-state index contributed by atoms with van der Waals surface area (Å²) in [5, 5.41) is 0. The fourth-order valence-corrected chi connectivity index (χ4v) is 3.18. The van der Waals surface area contributed by atoms with Gasteiger partial charge in [-0.05, 0) is 25.8 Å². The Labute approximate surface area is 133 Å². The minimum absolute atomic E-state index is 0.198. The molecule has 2 fully saturated rings. The first-order valence-electron chi connectivity index (χ1n) is 8.68. The van der Waals surface area contributed by atoms with Gasteiger partial charge in [0.15, 0.2) is 0 Å². The highest BCUT2D eigenvalue weighted by Crippen LogP contribution is 2.11. The molecule has 0 unspecified atom stereocenters. The fourth-order valence-electron chi connectivity index (χ4n) is 3.18. The number of amides is 2. The Balaban J connectivity index is 1.70. The van der Waals surface area contributed by atoms with E-state index < -0.39 is 0 Å². The lowest BCUT2D eigenvalue weighted by Gasteiger charge is -2.35. The first-order valence-corrected chi connectivity index (χ1v) is 8.68. The number of rotatable bonds is 5. The fraction of sp³-hybridized carbons (Fsp3) is 0.875. The van der Waals surface area contributed by atoms with Crippen molar-refractivity contribution in [2.24, 2.45) is 5.73 Å². The van der Waals surface area contributed by atoms with Gasteiger partial charge < -0.3 is 15.5 Å². The average molecular weight is 310 g/mol. The first kappa shape index (κ1) is 17.2. The molecule has 0 bridgehead atoms. The molecule has 0 spiro atoms. The van der Waals surface area contributed by atoms with Gasteiger partial charge in [-0.1, -0.05) is 12.8 Å². The van der Waals surface area contributed by atoms with E-state index in [1.807, 2.05) is 9.80 Å². The van der Waals surface area contributed by atoms with Gasteiger partial charge in [0, 0.05) is 45.7 Å². The zero-order valence-electron chi connectivity index (χ0n) is 13.6. The molecule has 0 atom stereocenters. The van der Waals surface area contributed by atoms with Crippen molar-refractivity contribution < 1.29 is 9.59 Å². The van der Waals surface area contributed by atoms with Gasteiger partial charge in [0.2, 0.25) is 11.8 Å². The molecular weight excluding hydrogens is 280 g/mol. The summed E-state index contributed by atoms with van der Waals surface area (Å²) in [7, 11) is 0. The minimum atomic E-state index is 0.198. The second-order valence-electron chi connectivity index (χ2n) is 6.34. The van der Waals surface area contributed by atoms with E-state index in [2.05, 4.69) is 4.90 Å². The van der Waals surface area contributed by atoms with Crippen molar-refractivity contribution >= 4 is 11.8 Å². The standard InChI is InChI=1S/C16H30N4O2/c17-7-5-6-15(21)20-12-10-18(11-13-20)14-16(22)19-8-3-1-2-4-9-19/h1-14,17H2. The van der Waals surface area contributed by atoms with E-state index >= 15 is 0 Å². The van der Waals surface area contributed by atoms with Crippen LogP contribution >= 0.6 is 0 Å². The zero-order chi connectivity index (χ0) is 15.8. The lowest BCUT2D eigenvalue weighted by atomic mass is 10.2. The largest absolute Gasteiger partial charge is 0.342 e. The molecule has 2 N–H and O–H groups in total. The molecule has 6 nitrogen and oxygen atoms in total. The van der Waals surface area contributed by atoms with E-state index in [0.29, 0.717) is 19.5 Å². The Morgan fingerprint density at radius 3 is 1.95 bits per heavy atom. The third-order valence-corrected chi connectivity index (χ3v) is 4.64. The normalized spacial score (nSPS) is 20.8. The summed E-state index contributed by atoms with van der Waals surface area (Å²) in [6, 6.07) is 0. The van der Waals surface area contributed by atoms with E-state index in [1.165, 1.54) is 12.8 Å². The molecule has 6 heteroatoms. The van der Waals surface area contributed by atoms with Crippen molar-refractivity contribution in [2.45, 2.75) is 38.5 Å². The number of piperazine rings is 1. The van der Waals surface area contributed by atoms with Gasteiger partial charge >= 0.3 is 0 Å². The monoisotopic (exact) mass is 310 g/mol. The smallest absolute Gasteiger partial charge is 0.236 e. The summed E-state index contributed by atoms with van der Waals surface area (Å²) in [6.07, 6.45) is 6.06. The first-order chi connectivity index (χ1) is 10.7. The molecule has 2 amide bonds. The Morgan fingerprint density at radius 2 is 1.36 bits per heavy atom. The van der Waals surface area contributed by atoms with E-state index in [9.17, 15) is 9.59 Å². The van der Waals surface area contributed by atoms with Gasteiger partial charge in [0.1, 0.15) is 0 Å². The van der Waals surface area contributed by atoms with Crippen LogP contribution in [0.2, 0.25) is 0 Å². The molecule has 0 radical (unpaired) electrons. The Bertz CT molecular complexity index is 359. The van der Waals surface area contributed by atoms with Crippen LogP contribution in [0.5, 0.6) is 0 Å². The van der Waals surface area contributed by atoms with Crippen molar-refractivity contribution in [1.82, 2.24) is 14.7 Å². The van der Waals surface area contributed by atoms with Crippen LogP contribution in [0.3, 0.4) is 0 Å². The molecular formula is C16H30N4O2.